The van der Waals surface area contributed by atoms with Gasteiger partial charge < -0.3 is 13.9 Å². The van der Waals surface area contributed by atoms with Gasteiger partial charge in [0.1, 0.15) is 5.78 Å². The molecule has 1 unspecified atom stereocenters. The Bertz CT molecular complexity index is 777. The Morgan fingerprint density at radius 1 is 0.967 bits per heavy atom. The minimum Gasteiger partial charge on any atom is -0.405 e. The summed E-state index contributed by atoms with van der Waals surface area (Å²) >= 11 is 0. The molecule has 0 aromatic heterocycles. The van der Waals surface area contributed by atoms with Gasteiger partial charge in [-0.1, -0.05) is 81.4 Å². The maximum atomic E-state index is 11.6. The second kappa shape index (κ2) is 9.56. The lowest BCUT2D eigenvalue weighted by Crippen LogP contribution is -2.67. The van der Waals surface area contributed by atoms with Crippen molar-refractivity contribution >= 4 is 24.5 Å². The van der Waals surface area contributed by atoms with Gasteiger partial charge in [-0.2, -0.15) is 0 Å². The van der Waals surface area contributed by atoms with E-state index in [9.17, 15) is 4.79 Å². The number of carbonyl (C=O) groups is 1. The van der Waals surface area contributed by atoms with Gasteiger partial charge in [-0.15, -0.1) is 0 Å². The molecule has 0 aliphatic carbocycles. The van der Waals surface area contributed by atoms with Gasteiger partial charge in [0.25, 0.3) is 8.32 Å². The number of ketones is 1. The summed E-state index contributed by atoms with van der Waals surface area (Å²) in [6.45, 7) is 10.8. The zero-order valence-corrected chi connectivity index (χ0v) is 19.8. The maximum Gasteiger partial charge on any atom is 0.261 e. The first kappa shape index (κ1) is 22.9. The molecule has 1 aliphatic heterocycles. The van der Waals surface area contributed by atoms with Gasteiger partial charge in [-0.3, -0.25) is 4.79 Å². The number of rotatable bonds is 7. The van der Waals surface area contributed by atoms with Crippen molar-refractivity contribution < 1.29 is 18.7 Å². The Morgan fingerprint density at radius 2 is 1.47 bits per heavy atom. The average Bonchev–Trinajstić information content (AvgIpc) is 2.68. The molecular formula is C25H34O4Si. The number of benzene rings is 2. The molecule has 2 aromatic carbocycles. The van der Waals surface area contributed by atoms with Crippen molar-refractivity contribution in [3.05, 3.63) is 60.7 Å². The topological polar surface area (TPSA) is 44.8 Å². The third-order valence-electron chi connectivity index (χ3n) is 5.71. The van der Waals surface area contributed by atoms with Crippen molar-refractivity contribution in [3.63, 3.8) is 0 Å². The number of hydrogen-bond donors (Lipinski definition) is 0. The summed E-state index contributed by atoms with van der Waals surface area (Å²) in [7, 11) is -2.60. The van der Waals surface area contributed by atoms with Gasteiger partial charge in [-0.25, -0.2) is 0 Å². The van der Waals surface area contributed by atoms with E-state index in [2.05, 4.69) is 69.3 Å². The fourth-order valence-corrected chi connectivity index (χ4v) is 9.11. The summed E-state index contributed by atoms with van der Waals surface area (Å²) in [6.07, 6.45) is 0.542. The predicted molar refractivity (Wildman–Crippen MR) is 123 cm³/mol. The number of ether oxygens (including phenoxy) is 2. The molecule has 0 spiro atoms. The fraction of sp³-hybridized carbons (Fsp3) is 0.480. The van der Waals surface area contributed by atoms with E-state index in [4.69, 9.17) is 13.9 Å². The lowest BCUT2D eigenvalue weighted by molar-refractivity contribution is -0.238. The zero-order chi connectivity index (χ0) is 21.8. The first-order valence-corrected chi connectivity index (χ1v) is 12.7. The van der Waals surface area contributed by atoms with Gasteiger partial charge >= 0.3 is 0 Å². The maximum absolute atomic E-state index is 11.6. The molecule has 4 nitrogen and oxygen atoms in total. The zero-order valence-electron chi connectivity index (χ0n) is 18.8. The molecule has 0 radical (unpaired) electrons. The van der Waals surface area contributed by atoms with E-state index in [1.165, 1.54) is 10.4 Å². The fourth-order valence-electron chi connectivity index (χ4n) is 4.52. The molecule has 30 heavy (non-hydrogen) atoms. The molecule has 1 saturated heterocycles. The van der Waals surface area contributed by atoms with Crippen molar-refractivity contribution in [1.29, 1.82) is 0 Å². The molecule has 3 rings (SSSR count). The predicted octanol–water partition coefficient (Wildman–Crippen LogP) is 4.06. The van der Waals surface area contributed by atoms with Crippen molar-refractivity contribution in [3.8, 4) is 0 Å². The molecule has 1 aliphatic rings. The lowest BCUT2D eigenvalue weighted by atomic mass is 10.1. The molecule has 5 heteroatoms. The highest BCUT2D eigenvalue weighted by Crippen LogP contribution is 2.37. The van der Waals surface area contributed by atoms with E-state index in [1.54, 1.807) is 6.92 Å². The standard InChI is InChI=1S/C25H34O4Si/c1-19(26)16-21-17-22(29-20(2)28-21)18-27-30(25(3,4)5,23-12-8-6-9-13-23)24-14-10-7-11-15-24/h6-15,20-22H,16-18H2,1-5H3/t20-,21?,22-/m1/s1. The summed E-state index contributed by atoms with van der Waals surface area (Å²) in [5.41, 5.74) is 0. The van der Waals surface area contributed by atoms with Crippen LogP contribution in [0, 0.1) is 0 Å². The molecule has 2 aromatic rings. The summed E-state index contributed by atoms with van der Waals surface area (Å²) in [5.74, 6) is 0.140. The molecule has 0 N–H and O–H groups in total. The van der Waals surface area contributed by atoms with Crippen LogP contribution in [0.3, 0.4) is 0 Å². The van der Waals surface area contributed by atoms with Crippen molar-refractivity contribution in [2.75, 3.05) is 6.61 Å². The highest BCUT2D eigenvalue weighted by atomic mass is 28.4. The third kappa shape index (κ3) is 5.09. The van der Waals surface area contributed by atoms with E-state index >= 15 is 0 Å². The molecule has 3 atom stereocenters. The monoisotopic (exact) mass is 426 g/mol. The van der Waals surface area contributed by atoms with Crippen LogP contribution in [-0.4, -0.2) is 39.2 Å². The third-order valence-corrected chi connectivity index (χ3v) is 10.7. The van der Waals surface area contributed by atoms with Gasteiger partial charge in [0.15, 0.2) is 6.29 Å². The molecule has 0 amide bonds. The Morgan fingerprint density at radius 3 is 1.93 bits per heavy atom. The Hall–Kier alpha value is -1.79. The van der Waals surface area contributed by atoms with Crippen molar-refractivity contribution in [2.45, 2.75) is 71.0 Å². The minimum absolute atomic E-state index is 0.0781. The quantitative estimate of drug-likeness (QED) is 0.626. The van der Waals surface area contributed by atoms with Crippen LogP contribution < -0.4 is 10.4 Å². The summed E-state index contributed by atoms with van der Waals surface area (Å²) in [4.78, 5) is 11.6. The lowest BCUT2D eigenvalue weighted by Gasteiger charge is -2.44. The van der Waals surface area contributed by atoms with Gasteiger partial charge in [0.2, 0.25) is 0 Å². The van der Waals surface area contributed by atoms with Crippen LogP contribution in [0.5, 0.6) is 0 Å². The minimum atomic E-state index is -2.60. The second-order valence-electron chi connectivity index (χ2n) is 9.20. The van der Waals surface area contributed by atoms with Gasteiger partial charge in [-0.05, 0) is 29.3 Å². The normalized spacial score (nSPS) is 22.6. The second-order valence-corrected chi connectivity index (χ2v) is 13.5. The van der Waals surface area contributed by atoms with Crippen LogP contribution in [0.1, 0.15) is 47.5 Å². The highest BCUT2D eigenvalue weighted by molar-refractivity contribution is 6.99. The van der Waals surface area contributed by atoms with E-state index in [-0.39, 0.29) is 29.3 Å². The first-order valence-electron chi connectivity index (χ1n) is 10.8. The van der Waals surface area contributed by atoms with Crippen LogP contribution in [-0.2, 0) is 18.7 Å². The smallest absolute Gasteiger partial charge is 0.261 e. The van der Waals surface area contributed by atoms with E-state index in [0.29, 0.717) is 19.4 Å². The molecule has 1 fully saturated rings. The molecule has 162 valence electrons. The Labute approximate surface area is 181 Å². The van der Waals surface area contributed by atoms with Crippen molar-refractivity contribution in [1.82, 2.24) is 0 Å². The van der Waals surface area contributed by atoms with E-state index < -0.39 is 8.32 Å². The summed E-state index contributed by atoms with van der Waals surface area (Å²) in [5, 5.41) is 2.43. The molecule has 0 bridgehead atoms. The number of Topliss-reactive ketones (excluding diaryl/α,β-unsaturated/α-hetero) is 1. The average molecular weight is 427 g/mol. The first-order chi connectivity index (χ1) is 14.2. The summed E-state index contributed by atoms with van der Waals surface area (Å²) in [6, 6.07) is 21.2. The van der Waals surface area contributed by atoms with Crippen molar-refractivity contribution in [2.24, 2.45) is 0 Å². The molecule has 0 saturated carbocycles. The van der Waals surface area contributed by atoms with Gasteiger partial charge in [0.05, 0.1) is 18.8 Å². The van der Waals surface area contributed by atoms with Crippen LogP contribution in [0.25, 0.3) is 0 Å². The number of carbonyl (C=O) groups excluding carboxylic acids is 1. The van der Waals surface area contributed by atoms with Gasteiger partial charge in [0, 0.05) is 12.8 Å². The Kier molecular flexibility index (Phi) is 7.29. The van der Waals surface area contributed by atoms with Crippen LogP contribution >= 0.6 is 0 Å². The number of hydrogen-bond acceptors (Lipinski definition) is 4. The van der Waals surface area contributed by atoms with Crippen LogP contribution in [0.4, 0.5) is 0 Å². The molecule has 1 heterocycles. The van der Waals surface area contributed by atoms with E-state index in [1.807, 2.05) is 19.1 Å². The molecular weight excluding hydrogens is 392 g/mol. The highest BCUT2D eigenvalue weighted by Gasteiger charge is 2.50. The SMILES string of the molecule is CC(=O)CC1C[C@H](CO[Si](c2ccccc2)(c2ccccc2)C(C)(C)C)O[C@H](C)O1. The van der Waals surface area contributed by atoms with Crippen LogP contribution in [0.2, 0.25) is 5.04 Å². The Balaban J connectivity index is 1.93. The summed E-state index contributed by atoms with van der Waals surface area (Å²) < 4.78 is 18.8. The van der Waals surface area contributed by atoms with E-state index in [0.717, 1.165) is 0 Å². The largest absolute Gasteiger partial charge is 0.405 e. The van der Waals surface area contributed by atoms with Crippen LogP contribution in [0.15, 0.2) is 60.7 Å².